The number of amides is 2. The maximum atomic E-state index is 11.6. The van der Waals surface area contributed by atoms with Gasteiger partial charge in [0, 0.05) is 10.5 Å². The number of thioether (sulfide) groups is 1. The summed E-state index contributed by atoms with van der Waals surface area (Å²) in [5.41, 5.74) is 2.84. The van der Waals surface area contributed by atoms with Gasteiger partial charge in [0.05, 0.1) is 11.4 Å². The van der Waals surface area contributed by atoms with Crippen molar-refractivity contribution in [1.29, 1.82) is 0 Å². The molecule has 1 aromatic carbocycles. The van der Waals surface area contributed by atoms with Gasteiger partial charge in [0.2, 0.25) is 5.91 Å². The van der Waals surface area contributed by atoms with Crippen molar-refractivity contribution in [3.05, 3.63) is 23.8 Å². The Morgan fingerprint density at radius 1 is 1.47 bits per heavy atom. The molecule has 0 atom stereocenters. The zero-order chi connectivity index (χ0) is 13.8. The first-order valence-electron chi connectivity index (χ1n) is 5.27. The molecule has 2 rings (SSSR count). The van der Waals surface area contributed by atoms with Gasteiger partial charge in [-0.2, -0.15) is 0 Å². The molecule has 1 aromatic rings. The van der Waals surface area contributed by atoms with Crippen LogP contribution in [0.1, 0.15) is 10.4 Å². The number of hydrogen-bond donors (Lipinski definition) is 3. The van der Waals surface area contributed by atoms with E-state index in [1.54, 1.807) is 12.1 Å². The number of rotatable bonds is 4. The van der Waals surface area contributed by atoms with E-state index in [-0.39, 0.29) is 11.5 Å². The first-order chi connectivity index (χ1) is 9.06. The maximum absolute atomic E-state index is 11.6. The average molecular weight is 282 g/mol. The van der Waals surface area contributed by atoms with Crippen LogP contribution in [0.3, 0.4) is 0 Å². The fourth-order valence-corrected chi connectivity index (χ4v) is 2.24. The second-order valence-electron chi connectivity index (χ2n) is 3.66. The van der Waals surface area contributed by atoms with E-state index in [2.05, 4.69) is 10.2 Å². The van der Waals surface area contributed by atoms with Gasteiger partial charge in [0.15, 0.2) is 6.61 Å². The average Bonchev–Trinajstić information content (AvgIpc) is 2.37. The molecule has 1 heterocycles. The standard InChI is InChI=1S/C11H10N2O5S/c14-9-5-19-8-2-1-6(3-7(8)12-9)11(17)13-18-4-10(15)16/h1-3H,4-5H2,(H,12,14)(H,13,17)(H,15,16). The Kier molecular flexibility index (Phi) is 4.03. The van der Waals surface area contributed by atoms with Crippen molar-refractivity contribution in [1.82, 2.24) is 5.48 Å². The minimum Gasteiger partial charge on any atom is -0.479 e. The molecular formula is C11H10N2O5S. The van der Waals surface area contributed by atoms with Crippen molar-refractivity contribution in [2.24, 2.45) is 0 Å². The summed E-state index contributed by atoms with van der Waals surface area (Å²) in [6.07, 6.45) is 0. The third kappa shape index (κ3) is 3.46. The van der Waals surface area contributed by atoms with Crippen LogP contribution in [0.25, 0.3) is 0 Å². The number of aliphatic carboxylic acids is 1. The lowest BCUT2D eigenvalue weighted by Crippen LogP contribution is -2.27. The molecule has 0 radical (unpaired) electrons. The van der Waals surface area contributed by atoms with E-state index in [0.29, 0.717) is 11.4 Å². The highest BCUT2D eigenvalue weighted by Crippen LogP contribution is 2.31. The Balaban J connectivity index is 2.04. The number of carbonyl (C=O) groups excluding carboxylic acids is 2. The van der Waals surface area contributed by atoms with E-state index in [1.807, 2.05) is 5.48 Å². The molecule has 7 nitrogen and oxygen atoms in total. The van der Waals surface area contributed by atoms with Gasteiger partial charge >= 0.3 is 5.97 Å². The predicted molar refractivity (Wildman–Crippen MR) is 66.8 cm³/mol. The normalized spacial score (nSPS) is 13.4. The summed E-state index contributed by atoms with van der Waals surface area (Å²) >= 11 is 1.39. The van der Waals surface area contributed by atoms with Crippen LogP contribution in [-0.4, -0.2) is 35.2 Å². The molecule has 2 amide bonds. The number of hydroxylamine groups is 1. The zero-order valence-electron chi connectivity index (χ0n) is 9.63. The van der Waals surface area contributed by atoms with Gasteiger partial charge in [0.25, 0.3) is 5.91 Å². The van der Waals surface area contributed by atoms with Crippen LogP contribution in [0.5, 0.6) is 0 Å². The summed E-state index contributed by atoms with van der Waals surface area (Å²) in [7, 11) is 0. The maximum Gasteiger partial charge on any atom is 0.332 e. The Morgan fingerprint density at radius 3 is 3.00 bits per heavy atom. The molecular weight excluding hydrogens is 272 g/mol. The van der Waals surface area contributed by atoms with Crippen molar-refractivity contribution < 1.29 is 24.3 Å². The fraction of sp³-hybridized carbons (Fsp3) is 0.182. The first-order valence-corrected chi connectivity index (χ1v) is 6.25. The number of benzene rings is 1. The smallest absolute Gasteiger partial charge is 0.332 e. The number of carbonyl (C=O) groups is 3. The van der Waals surface area contributed by atoms with Gasteiger partial charge in [-0.25, -0.2) is 10.3 Å². The minimum absolute atomic E-state index is 0.128. The van der Waals surface area contributed by atoms with Crippen LogP contribution in [0.15, 0.2) is 23.1 Å². The number of hydrogen-bond acceptors (Lipinski definition) is 5. The van der Waals surface area contributed by atoms with Gasteiger partial charge < -0.3 is 10.4 Å². The number of carboxylic acid groups (broad SMARTS) is 1. The first kappa shape index (κ1) is 13.4. The van der Waals surface area contributed by atoms with Crippen LogP contribution in [-0.2, 0) is 14.4 Å². The summed E-state index contributed by atoms with van der Waals surface area (Å²) in [4.78, 5) is 38.5. The Hall–Kier alpha value is -2.06. The van der Waals surface area contributed by atoms with Crippen molar-refractivity contribution in [2.75, 3.05) is 17.7 Å². The molecule has 3 N–H and O–H groups in total. The second-order valence-corrected chi connectivity index (χ2v) is 4.68. The van der Waals surface area contributed by atoms with E-state index in [9.17, 15) is 14.4 Å². The quantitative estimate of drug-likeness (QED) is 0.694. The largest absolute Gasteiger partial charge is 0.479 e. The Morgan fingerprint density at radius 2 is 2.26 bits per heavy atom. The minimum atomic E-state index is -1.19. The molecule has 19 heavy (non-hydrogen) atoms. The van der Waals surface area contributed by atoms with Gasteiger partial charge in [-0.05, 0) is 18.2 Å². The van der Waals surface area contributed by atoms with Crippen LogP contribution in [0, 0.1) is 0 Å². The summed E-state index contributed by atoms with van der Waals surface area (Å²) in [5.74, 6) is -1.54. The zero-order valence-corrected chi connectivity index (χ0v) is 10.5. The van der Waals surface area contributed by atoms with Gasteiger partial charge in [-0.1, -0.05) is 0 Å². The molecule has 1 aliphatic rings. The molecule has 100 valence electrons. The highest BCUT2D eigenvalue weighted by Gasteiger charge is 2.17. The summed E-state index contributed by atoms with van der Waals surface area (Å²) < 4.78 is 0. The van der Waals surface area contributed by atoms with E-state index < -0.39 is 18.5 Å². The summed E-state index contributed by atoms with van der Waals surface area (Å²) in [5, 5.41) is 11.0. The molecule has 0 fully saturated rings. The van der Waals surface area contributed by atoms with Crippen LogP contribution < -0.4 is 10.8 Å². The topological polar surface area (TPSA) is 105 Å². The fourth-order valence-electron chi connectivity index (χ4n) is 1.45. The number of anilines is 1. The van der Waals surface area contributed by atoms with Crippen molar-refractivity contribution >= 4 is 35.2 Å². The van der Waals surface area contributed by atoms with Crippen LogP contribution in [0.4, 0.5) is 5.69 Å². The third-order valence-electron chi connectivity index (χ3n) is 2.24. The van der Waals surface area contributed by atoms with Crippen molar-refractivity contribution in [3.63, 3.8) is 0 Å². The molecule has 0 bridgehead atoms. The molecule has 8 heteroatoms. The van der Waals surface area contributed by atoms with E-state index >= 15 is 0 Å². The number of fused-ring (bicyclic) bond motifs is 1. The molecule has 1 aliphatic heterocycles. The summed E-state index contributed by atoms with van der Waals surface area (Å²) in [6.45, 7) is -0.622. The lowest BCUT2D eigenvalue weighted by Gasteiger charge is -2.16. The molecule has 0 saturated carbocycles. The number of nitrogens with one attached hydrogen (secondary N) is 2. The van der Waals surface area contributed by atoms with Gasteiger partial charge in [0.1, 0.15) is 0 Å². The highest BCUT2D eigenvalue weighted by atomic mass is 32.2. The van der Waals surface area contributed by atoms with E-state index in [0.717, 1.165) is 4.90 Å². The third-order valence-corrected chi connectivity index (χ3v) is 3.31. The molecule has 0 saturated heterocycles. The van der Waals surface area contributed by atoms with Crippen LogP contribution in [0.2, 0.25) is 0 Å². The van der Waals surface area contributed by atoms with Gasteiger partial charge in [-0.3, -0.25) is 14.4 Å². The van der Waals surface area contributed by atoms with E-state index in [4.69, 9.17) is 5.11 Å². The van der Waals surface area contributed by atoms with Crippen LogP contribution >= 0.6 is 11.8 Å². The van der Waals surface area contributed by atoms with E-state index in [1.165, 1.54) is 17.8 Å². The SMILES string of the molecule is O=C(O)CONC(=O)c1ccc2c(c1)NC(=O)CS2. The lowest BCUT2D eigenvalue weighted by atomic mass is 10.2. The molecule has 0 unspecified atom stereocenters. The summed E-state index contributed by atoms with van der Waals surface area (Å²) in [6, 6.07) is 4.80. The second kappa shape index (κ2) is 5.72. The Labute approximate surface area is 112 Å². The van der Waals surface area contributed by atoms with Crippen molar-refractivity contribution in [2.45, 2.75) is 4.90 Å². The molecule has 0 aromatic heterocycles. The predicted octanol–water partition coefficient (Wildman–Crippen LogP) is 0.477. The lowest BCUT2D eigenvalue weighted by molar-refractivity contribution is -0.144. The monoisotopic (exact) mass is 282 g/mol. The van der Waals surface area contributed by atoms with Gasteiger partial charge in [-0.15, -0.1) is 11.8 Å². The van der Waals surface area contributed by atoms with Crippen molar-refractivity contribution in [3.8, 4) is 0 Å². The number of carboxylic acids is 1. The Bertz CT molecular complexity index is 546. The molecule has 0 spiro atoms. The molecule has 0 aliphatic carbocycles. The highest BCUT2D eigenvalue weighted by molar-refractivity contribution is 8.00.